The first-order valence-corrected chi connectivity index (χ1v) is 6.75. The first kappa shape index (κ1) is 13.9. The summed E-state index contributed by atoms with van der Waals surface area (Å²) in [5.74, 6) is 0.197. The van der Waals surface area contributed by atoms with Crippen LogP contribution in [0.4, 0.5) is 10.1 Å². The van der Waals surface area contributed by atoms with Gasteiger partial charge in [0.1, 0.15) is 11.6 Å². The van der Waals surface area contributed by atoms with Crippen molar-refractivity contribution >= 4 is 21.6 Å². The first-order valence-electron chi connectivity index (χ1n) is 5.95. The second-order valence-electron chi connectivity index (χ2n) is 4.26. The van der Waals surface area contributed by atoms with Crippen molar-refractivity contribution in [1.82, 2.24) is 0 Å². The Balaban J connectivity index is 2.18. The highest BCUT2D eigenvalue weighted by Gasteiger charge is 2.09. The van der Waals surface area contributed by atoms with Gasteiger partial charge in [0.25, 0.3) is 0 Å². The predicted octanol–water partition coefficient (Wildman–Crippen LogP) is 4.77. The Kier molecular flexibility index (Phi) is 4.43. The number of hydrogen-bond acceptors (Lipinski definition) is 2. The van der Waals surface area contributed by atoms with Crippen LogP contribution in [-0.4, -0.2) is 7.11 Å². The van der Waals surface area contributed by atoms with Crippen molar-refractivity contribution in [3.63, 3.8) is 0 Å². The molecule has 0 saturated heterocycles. The number of methoxy groups -OCH3 is 1. The molecule has 4 heteroatoms. The summed E-state index contributed by atoms with van der Waals surface area (Å²) in [6, 6.07) is 12.6. The van der Waals surface area contributed by atoms with Crippen molar-refractivity contribution in [3.8, 4) is 5.75 Å². The fraction of sp³-hybridized carbons (Fsp3) is 0.200. The van der Waals surface area contributed by atoms with Crippen LogP contribution in [0, 0.1) is 5.82 Å². The van der Waals surface area contributed by atoms with Crippen molar-refractivity contribution in [2.75, 3.05) is 12.4 Å². The highest BCUT2D eigenvalue weighted by Crippen LogP contribution is 2.29. The van der Waals surface area contributed by atoms with Gasteiger partial charge in [-0.15, -0.1) is 0 Å². The third-order valence-electron chi connectivity index (χ3n) is 2.91. The Morgan fingerprint density at radius 2 is 1.84 bits per heavy atom. The van der Waals surface area contributed by atoms with Crippen LogP contribution >= 0.6 is 15.9 Å². The third kappa shape index (κ3) is 3.47. The third-order valence-corrected chi connectivity index (χ3v) is 3.43. The van der Waals surface area contributed by atoms with E-state index in [2.05, 4.69) is 21.2 Å². The summed E-state index contributed by atoms with van der Waals surface area (Å²) in [5.41, 5.74) is 1.92. The van der Waals surface area contributed by atoms with Crippen LogP contribution in [0.3, 0.4) is 0 Å². The number of anilines is 1. The number of rotatable bonds is 4. The molecule has 2 nitrogen and oxygen atoms in total. The maximum absolute atomic E-state index is 13.1. The zero-order valence-electron chi connectivity index (χ0n) is 10.8. The Hall–Kier alpha value is -1.55. The van der Waals surface area contributed by atoms with Crippen molar-refractivity contribution in [2.45, 2.75) is 13.0 Å². The van der Waals surface area contributed by atoms with Crippen molar-refractivity contribution < 1.29 is 9.13 Å². The highest BCUT2D eigenvalue weighted by molar-refractivity contribution is 9.10. The molecule has 2 aromatic carbocycles. The van der Waals surface area contributed by atoms with Gasteiger partial charge in [-0.2, -0.15) is 0 Å². The summed E-state index contributed by atoms with van der Waals surface area (Å²) >= 11 is 3.41. The van der Waals surface area contributed by atoms with E-state index >= 15 is 0 Å². The number of nitrogens with one attached hydrogen (secondary N) is 1. The van der Waals surface area contributed by atoms with Crippen LogP contribution in [0.1, 0.15) is 18.5 Å². The fourth-order valence-electron chi connectivity index (χ4n) is 1.85. The average Bonchev–Trinajstić information content (AvgIpc) is 2.41. The van der Waals surface area contributed by atoms with E-state index in [9.17, 15) is 4.39 Å². The van der Waals surface area contributed by atoms with Crippen molar-refractivity contribution in [3.05, 3.63) is 58.3 Å². The molecular weight excluding hydrogens is 309 g/mol. The number of hydrogen-bond donors (Lipinski definition) is 1. The van der Waals surface area contributed by atoms with E-state index in [1.54, 1.807) is 6.07 Å². The summed E-state index contributed by atoms with van der Waals surface area (Å²) < 4.78 is 19.3. The Morgan fingerprint density at radius 1 is 1.16 bits per heavy atom. The molecule has 2 aromatic rings. The minimum Gasteiger partial charge on any atom is -0.494 e. The lowest BCUT2D eigenvalue weighted by atomic mass is 10.1. The van der Waals surface area contributed by atoms with Gasteiger partial charge in [0, 0.05) is 16.6 Å². The van der Waals surface area contributed by atoms with E-state index in [0.29, 0.717) is 5.75 Å². The molecule has 0 aliphatic rings. The van der Waals surface area contributed by atoms with Crippen molar-refractivity contribution in [2.24, 2.45) is 0 Å². The smallest absolute Gasteiger partial charge is 0.144 e. The molecule has 0 radical (unpaired) electrons. The van der Waals surface area contributed by atoms with Gasteiger partial charge in [0.2, 0.25) is 0 Å². The van der Waals surface area contributed by atoms with Gasteiger partial charge < -0.3 is 10.1 Å². The Labute approximate surface area is 120 Å². The Morgan fingerprint density at radius 3 is 2.47 bits per heavy atom. The van der Waals surface area contributed by atoms with E-state index in [-0.39, 0.29) is 11.9 Å². The molecule has 0 aliphatic heterocycles. The lowest BCUT2D eigenvalue weighted by Gasteiger charge is -2.18. The molecule has 0 heterocycles. The van der Waals surface area contributed by atoms with E-state index in [0.717, 1.165) is 15.7 Å². The Bertz CT molecular complexity index is 557. The van der Waals surface area contributed by atoms with Crippen LogP contribution < -0.4 is 10.1 Å². The molecule has 0 fully saturated rings. The molecule has 0 amide bonds. The highest BCUT2D eigenvalue weighted by atomic mass is 79.9. The van der Waals surface area contributed by atoms with E-state index in [1.807, 2.05) is 31.2 Å². The molecule has 1 atom stereocenters. The number of benzene rings is 2. The monoisotopic (exact) mass is 323 g/mol. The van der Waals surface area contributed by atoms with E-state index in [4.69, 9.17) is 4.74 Å². The molecule has 0 aromatic heterocycles. The predicted molar refractivity (Wildman–Crippen MR) is 79.1 cm³/mol. The van der Waals surface area contributed by atoms with Crippen LogP contribution in [-0.2, 0) is 0 Å². The average molecular weight is 324 g/mol. The van der Waals surface area contributed by atoms with Gasteiger partial charge in [0.05, 0.1) is 12.8 Å². The van der Waals surface area contributed by atoms with Crippen LogP contribution in [0.25, 0.3) is 0 Å². The topological polar surface area (TPSA) is 21.3 Å². The van der Waals surface area contributed by atoms with Crippen molar-refractivity contribution in [1.29, 1.82) is 0 Å². The van der Waals surface area contributed by atoms with Gasteiger partial charge in [-0.3, -0.25) is 0 Å². The standard InChI is InChI=1S/C15H15BrFNO/c1-10(11-3-5-12(16)6-4-11)18-14-8-7-13(17)9-15(14)19-2/h3-10,18H,1-2H3. The molecule has 0 saturated carbocycles. The molecule has 2 rings (SSSR count). The van der Waals surface area contributed by atoms with Gasteiger partial charge >= 0.3 is 0 Å². The van der Waals surface area contributed by atoms with Gasteiger partial charge in [-0.25, -0.2) is 4.39 Å². The summed E-state index contributed by atoms with van der Waals surface area (Å²) in [6.45, 7) is 2.05. The molecule has 0 aliphatic carbocycles. The largest absolute Gasteiger partial charge is 0.494 e. The van der Waals surface area contributed by atoms with Gasteiger partial charge in [0.15, 0.2) is 0 Å². The SMILES string of the molecule is COc1cc(F)ccc1NC(C)c1ccc(Br)cc1. The minimum atomic E-state index is -0.307. The second kappa shape index (κ2) is 6.06. The van der Waals surface area contributed by atoms with Gasteiger partial charge in [-0.1, -0.05) is 28.1 Å². The molecular formula is C15H15BrFNO. The number of halogens is 2. The molecule has 0 spiro atoms. The zero-order chi connectivity index (χ0) is 13.8. The normalized spacial score (nSPS) is 12.0. The minimum absolute atomic E-state index is 0.104. The fourth-order valence-corrected chi connectivity index (χ4v) is 2.12. The molecule has 100 valence electrons. The van der Waals surface area contributed by atoms with E-state index in [1.165, 1.54) is 19.2 Å². The summed E-state index contributed by atoms with van der Waals surface area (Å²) in [4.78, 5) is 0. The summed E-state index contributed by atoms with van der Waals surface area (Å²) in [5, 5.41) is 3.32. The molecule has 19 heavy (non-hydrogen) atoms. The van der Waals surface area contributed by atoms with E-state index < -0.39 is 0 Å². The quantitative estimate of drug-likeness (QED) is 0.875. The van der Waals surface area contributed by atoms with Crippen LogP contribution in [0.5, 0.6) is 5.75 Å². The summed E-state index contributed by atoms with van der Waals surface area (Å²) in [6.07, 6.45) is 0. The molecule has 0 bridgehead atoms. The lowest BCUT2D eigenvalue weighted by Crippen LogP contribution is -2.07. The van der Waals surface area contributed by atoms with Crippen LogP contribution in [0.2, 0.25) is 0 Å². The molecule has 1 unspecified atom stereocenters. The van der Waals surface area contributed by atoms with Crippen LogP contribution in [0.15, 0.2) is 46.9 Å². The zero-order valence-corrected chi connectivity index (χ0v) is 12.4. The molecule has 1 N–H and O–H groups in total. The maximum Gasteiger partial charge on any atom is 0.144 e. The second-order valence-corrected chi connectivity index (χ2v) is 5.18. The first-order chi connectivity index (χ1) is 9.10. The number of ether oxygens (including phenoxy) is 1. The maximum atomic E-state index is 13.1. The summed E-state index contributed by atoms with van der Waals surface area (Å²) in [7, 11) is 1.53. The van der Waals surface area contributed by atoms with Gasteiger partial charge in [-0.05, 0) is 36.8 Å². The lowest BCUT2D eigenvalue weighted by molar-refractivity contribution is 0.412.